The van der Waals surface area contributed by atoms with Crippen LogP contribution in [0, 0.1) is 6.92 Å². The largest absolute Gasteiger partial charge is 0.493 e. The summed E-state index contributed by atoms with van der Waals surface area (Å²) in [6.45, 7) is 4.91. The fourth-order valence-electron chi connectivity index (χ4n) is 2.07. The van der Waals surface area contributed by atoms with Crippen molar-refractivity contribution in [2.45, 2.75) is 20.3 Å². The molecule has 9 heteroatoms. The zero-order valence-electron chi connectivity index (χ0n) is 14.8. The molecule has 0 atom stereocenters. The van der Waals surface area contributed by atoms with Gasteiger partial charge < -0.3 is 24.6 Å². The number of methoxy groups -OCH3 is 1. The highest BCUT2D eigenvalue weighted by atomic mass is 127. The third-order valence-corrected chi connectivity index (χ3v) is 3.15. The van der Waals surface area contributed by atoms with Crippen molar-refractivity contribution in [1.29, 1.82) is 0 Å². The van der Waals surface area contributed by atoms with Crippen LogP contribution >= 0.6 is 24.0 Å². The van der Waals surface area contributed by atoms with Crippen LogP contribution in [0.3, 0.4) is 0 Å². The maximum atomic E-state index is 5.57. The quantitative estimate of drug-likeness (QED) is 0.372. The van der Waals surface area contributed by atoms with Crippen molar-refractivity contribution < 1.29 is 14.0 Å². The summed E-state index contributed by atoms with van der Waals surface area (Å²) in [5.74, 6) is 3.24. The Morgan fingerprint density at radius 3 is 2.72 bits per heavy atom. The van der Waals surface area contributed by atoms with Crippen LogP contribution < -0.4 is 20.1 Å². The molecular weight excluding hydrogens is 437 g/mol. The summed E-state index contributed by atoms with van der Waals surface area (Å²) in [4.78, 5) is 8.35. The van der Waals surface area contributed by atoms with Crippen molar-refractivity contribution in [2.24, 2.45) is 4.99 Å². The van der Waals surface area contributed by atoms with E-state index in [1.165, 1.54) is 0 Å². The van der Waals surface area contributed by atoms with E-state index in [4.69, 9.17) is 14.0 Å². The van der Waals surface area contributed by atoms with E-state index in [0.717, 1.165) is 5.69 Å². The molecule has 0 bridgehead atoms. The van der Waals surface area contributed by atoms with Gasteiger partial charge in [-0.3, -0.25) is 4.99 Å². The molecule has 0 amide bonds. The molecule has 0 unspecified atom stereocenters. The van der Waals surface area contributed by atoms with E-state index in [9.17, 15) is 0 Å². The zero-order chi connectivity index (χ0) is 17.4. The summed E-state index contributed by atoms with van der Waals surface area (Å²) in [5, 5.41) is 10.2. The Morgan fingerprint density at radius 2 is 2.12 bits per heavy atom. The minimum absolute atomic E-state index is 0. The number of aliphatic imine (C=N–C) groups is 1. The summed E-state index contributed by atoms with van der Waals surface area (Å²) in [6, 6.07) is 5.62. The summed E-state index contributed by atoms with van der Waals surface area (Å²) in [5.41, 5.74) is 0.848. The van der Waals surface area contributed by atoms with Crippen LogP contribution in [0.25, 0.3) is 0 Å². The normalized spacial score (nSPS) is 10.8. The van der Waals surface area contributed by atoms with Crippen molar-refractivity contribution in [3.05, 3.63) is 29.9 Å². The number of hydrogen-bond donors (Lipinski definition) is 2. The smallest absolute Gasteiger partial charge is 0.228 e. The molecule has 0 aliphatic rings. The van der Waals surface area contributed by atoms with Gasteiger partial charge in [-0.1, -0.05) is 5.16 Å². The van der Waals surface area contributed by atoms with Gasteiger partial charge in [-0.05, 0) is 26.0 Å². The molecule has 2 N–H and O–H groups in total. The first kappa shape index (κ1) is 21.0. The van der Waals surface area contributed by atoms with E-state index in [-0.39, 0.29) is 24.0 Å². The van der Waals surface area contributed by atoms with E-state index in [0.29, 0.717) is 48.7 Å². The average molecular weight is 461 g/mol. The Balaban J connectivity index is 0.00000312. The van der Waals surface area contributed by atoms with Crippen LogP contribution in [0.5, 0.6) is 11.5 Å². The Hall–Kier alpha value is -2.04. The van der Waals surface area contributed by atoms with Gasteiger partial charge in [0.15, 0.2) is 23.3 Å². The molecule has 0 fully saturated rings. The first-order chi connectivity index (χ1) is 11.7. The molecule has 138 valence electrons. The first-order valence-electron chi connectivity index (χ1n) is 7.74. The number of aromatic nitrogens is 2. The SMILES string of the molecule is CCOc1cc(NC(=NC)NCCc2nc(C)no2)ccc1OC.I. The monoisotopic (exact) mass is 461 g/mol. The van der Waals surface area contributed by atoms with Gasteiger partial charge in [-0.2, -0.15) is 4.98 Å². The van der Waals surface area contributed by atoms with Crippen LogP contribution in [0.4, 0.5) is 5.69 Å². The van der Waals surface area contributed by atoms with Crippen LogP contribution in [0.1, 0.15) is 18.6 Å². The third-order valence-electron chi connectivity index (χ3n) is 3.15. The van der Waals surface area contributed by atoms with E-state index in [2.05, 4.69) is 25.8 Å². The standard InChI is InChI=1S/C16H23N5O3.HI/c1-5-23-14-10-12(6-7-13(14)22-4)20-16(17-3)18-9-8-15-19-11(2)21-24-15;/h6-7,10H,5,8-9H2,1-4H3,(H2,17,18,20);1H. The second-order valence-electron chi connectivity index (χ2n) is 4.91. The van der Waals surface area contributed by atoms with Crippen molar-refractivity contribution in [2.75, 3.05) is 32.6 Å². The second kappa shape index (κ2) is 10.7. The molecule has 1 aromatic heterocycles. The highest BCUT2D eigenvalue weighted by Gasteiger charge is 2.07. The molecule has 25 heavy (non-hydrogen) atoms. The molecule has 0 aliphatic carbocycles. The number of benzene rings is 1. The van der Waals surface area contributed by atoms with Gasteiger partial charge in [0.1, 0.15) is 0 Å². The minimum atomic E-state index is 0. The lowest BCUT2D eigenvalue weighted by molar-refractivity contribution is 0.311. The minimum Gasteiger partial charge on any atom is -0.493 e. The molecule has 0 spiro atoms. The van der Waals surface area contributed by atoms with E-state index >= 15 is 0 Å². The molecular formula is C16H24IN5O3. The number of guanidine groups is 1. The Kier molecular flexibility index (Phi) is 9.03. The molecule has 1 aromatic carbocycles. The summed E-state index contributed by atoms with van der Waals surface area (Å²) >= 11 is 0. The van der Waals surface area contributed by atoms with Crippen LogP contribution in [-0.4, -0.2) is 43.4 Å². The van der Waals surface area contributed by atoms with Gasteiger partial charge in [-0.15, -0.1) is 24.0 Å². The molecule has 2 aromatic rings. The van der Waals surface area contributed by atoms with Crippen LogP contribution in [0.15, 0.2) is 27.7 Å². The third kappa shape index (κ3) is 6.40. The Labute approximate surface area is 164 Å². The van der Waals surface area contributed by atoms with Gasteiger partial charge in [0.25, 0.3) is 0 Å². The first-order valence-corrected chi connectivity index (χ1v) is 7.74. The number of nitrogens with zero attached hydrogens (tertiary/aromatic N) is 3. The maximum absolute atomic E-state index is 5.57. The van der Waals surface area contributed by atoms with Crippen molar-refractivity contribution in [1.82, 2.24) is 15.5 Å². The number of rotatable bonds is 7. The van der Waals surface area contributed by atoms with E-state index < -0.39 is 0 Å². The van der Waals surface area contributed by atoms with Crippen LogP contribution in [-0.2, 0) is 6.42 Å². The number of anilines is 1. The predicted octanol–water partition coefficient (Wildman–Crippen LogP) is 2.63. The molecule has 8 nitrogen and oxygen atoms in total. The molecule has 2 rings (SSSR count). The molecule has 0 saturated carbocycles. The molecule has 0 saturated heterocycles. The predicted molar refractivity (Wildman–Crippen MR) is 107 cm³/mol. The summed E-state index contributed by atoms with van der Waals surface area (Å²) < 4.78 is 15.9. The average Bonchev–Trinajstić information content (AvgIpc) is 3.00. The molecule has 1 heterocycles. The number of hydrogen-bond acceptors (Lipinski definition) is 6. The Morgan fingerprint density at radius 1 is 1.32 bits per heavy atom. The number of nitrogens with one attached hydrogen (secondary N) is 2. The van der Waals surface area contributed by atoms with Gasteiger partial charge in [0, 0.05) is 31.8 Å². The van der Waals surface area contributed by atoms with Crippen molar-refractivity contribution >= 4 is 35.6 Å². The maximum Gasteiger partial charge on any atom is 0.228 e. The summed E-state index contributed by atoms with van der Waals surface area (Å²) in [7, 11) is 3.32. The lowest BCUT2D eigenvalue weighted by Gasteiger charge is -2.14. The molecule has 0 aliphatic heterocycles. The van der Waals surface area contributed by atoms with Gasteiger partial charge in [0.2, 0.25) is 5.89 Å². The highest BCUT2D eigenvalue weighted by molar-refractivity contribution is 14.0. The van der Waals surface area contributed by atoms with Gasteiger partial charge in [-0.25, -0.2) is 0 Å². The lowest BCUT2D eigenvalue weighted by atomic mass is 10.2. The summed E-state index contributed by atoms with van der Waals surface area (Å²) in [6.07, 6.45) is 0.619. The van der Waals surface area contributed by atoms with E-state index in [1.54, 1.807) is 21.1 Å². The topological polar surface area (TPSA) is 93.8 Å². The van der Waals surface area contributed by atoms with Crippen LogP contribution in [0.2, 0.25) is 0 Å². The highest BCUT2D eigenvalue weighted by Crippen LogP contribution is 2.30. The van der Waals surface area contributed by atoms with Gasteiger partial charge >= 0.3 is 0 Å². The van der Waals surface area contributed by atoms with Crippen molar-refractivity contribution in [3.8, 4) is 11.5 Å². The Bertz CT molecular complexity index is 690. The van der Waals surface area contributed by atoms with E-state index in [1.807, 2.05) is 25.1 Å². The fourth-order valence-corrected chi connectivity index (χ4v) is 2.07. The zero-order valence-corrected chi connectivity index (χ0v) is 17.2. The second-order valence-corrected chi connectivity index (χ2v) is 4.91. The number of aryl methyl sites for hydroxylation is 1. The molecule has 0 radical (unpaired) electrons. The number of ether oxygens (including phenoxy) is 2. The van der Waals surface area contributed by atoms with Crippen molar-refractivity contribution in [3.63, 3.8) is 0 Å². The van der Waals surface area contributed by atoms with Gasteiger partial charge in [0.05, 0.1) is 13.7 Å². The lowest BCUT2D eigenvalue weighted by Crippen LogP contribution is -2.32. The fraction of sp³-hybridized carbons (Fsp3) is 0.438. The number of halogens is 1.